The second-order valence-electron chi connectivity index (χ2n) is 5.98. The predicted molar refractivity (Wildman–Crippen MR) is 82.2 cm³/mol. The number of hydrogen-bond acceptors (Lipinski definition) is 1. The first-order valence-corrected chi connectivity index (χ1v) is 7.53. The molecule has 100 valence electrons. The molecule has 0 spiro atoms. The fraction of sp³-hybridized carbons (Fsp3) is 0.444. The summed E-state index contributed by atoms with van der Waals surface area (Å²) < 4.78 is 0. The fourth-order valence-electron chi connectivity index (χ4n) is 3.17. The van der Waals surface area contributed by atoms with Crippen LogP contribution in [0.2, 0.25) is 0 Å². The third-order valence-electron chi connectivity index (χ3n) is 4.48. The Bertz CT molecular complexity index is 533. The Morgan fingerprint density at radius 1 is 0.947 bits per heavy atom. The van der Waals surface area contributed by atoms with E-state index < -0.39 is 0 Å². The average molecular weight is 253 g/mol. The van der Waals surface area contributed by atoms with Gasteiger partial charge in [0.1, 0.15) is 0 Å². The van der Waals surface area contributed by atoms with E-state index in [1.54, 1.807) is 0 Å². The molecule has 19 heavy (non-hydrogen) atoms. The molecule has 2 aromatic rings. The van der Waals surface area contributed by atoms with Crippen molar-refractivity contribution in [3.63, 3.8) is 0 Å². The molecule has 1 aliphatic rings. The van der Waals surface area contributed by atoms with Crippen molar-refractivity contribution >= 4 is 10.8 Å². The van der Waals surface area contributed by atoms with Crippen molar-refractivity contribution in [2.75, 3.05) is 0 Å². The zero-order chi connectivity index (χ0) is 13.1. The molecule has 1 fully saturated rings. The minimum Gasteiger partial charge on any atom is -0.310 e. The van der Waals surface area contributed by atoms with Crippen LogP contribution in [0.4, 0.5) is 0 Å². The van der Waals surface area contributed by atoms with E-state index in [0.29, 0.717) is 0 Å². The van der Waals surface area contributed by atoms with Crippen LogP contribution in [-0.4, -0.2) is 6.04 Å². The largest absolute Gasteiger partial charge is 0.310 e. The molecule has 2 aromatic carbocycles. The van der Waals surface area contributed by atoms with E-state index in [2.05, 4.69) is 54.7 Å². The molecule has 0 unspecified atom stereocenters. The van der Waals surface area contributed by atoms with Gasteiger partial charge in [0.2, 0.25) is 0 Å². The summed E-state index contributed by atoms with van der Waals surface area (Å²) in [6.45, 7) is 3.38. The van der Waals surface area contributed by atoms with E-state index in [-0.39, 0.29) is 0 Å². The molecule has 0 heterocycles. The van der Waals surface area contributed by atoms with E-state index in [4.69, 9.17) is 0 Å². The smallest absolute Gasteiger partial charge is 0.0214 e. The van der Waals surface area contributed by atoms with Gasteiger partial charge < -0.3 is 5.32 Å². The van der Waals surface area contributed by atoms with Crippen LogP contribution in [0.25, 0.3) is 10.8 Å². The van der Waals surface area contributed by atoms with Gasteiger partial charge in [0.05, 0.1) is 0 Å². The third-order valence-corrected chi connectivity index (χ3v) is 4.48. The Labute approximate surface area is 116 Å². The molecule has 0 radical (unpaired) electrons. The Kier molecular flexibility index (Phi) is 3.84. The first kappa shape index (κ1) is 12.7. The molecule has 0 aliphatic heterocycles. The van der Waals surface area contributed by atoms with Crippen molar-refractivity contribution in [3.05, 3.63) is 48.0 Å². The van der Waals surface area contributed by atoms with Crippen molar-refractivity contribution in [2.24, 2.45) is 5.92 Å². The van der Waals surface area contributed by atoms with Crippen LogP contribution < -0.4 is 5.32 Å². The summed E-state index contributed by atoms with van der Waals surface area (Å²) in [6.07, 6.45) is 5.44. The quantitative estimate of drug-likeness (QED) is 0.848. The molecule has 0 saturated heterocycles. The van der Waals surface area contributed by atoms with Gasteiger partial charge in [-0.1, -0.05) is 49.4 Å². The van der Waals surface area contributed by atoms with Crippen LogP contribution in [0.15, 0.2) is 42.5 Å². The van der Waals surface area contributed by atoms with Crippen molar-refractivity contribution in [3.8, 4) is 0 Å². The van der Waals surface area contributed by atoms with Gasteiger partial charge in [-0.3, -0.25) is 0 Å². The van der Waals surface area contributed by atoms with Crippen molar-refractivity contribution < 1.29 is 0 Å². The lowest BCUT2D eigenvalue weighted by Crippen LogP contribution is -2.32. The number of hydrogen-bond donors (Lipinski definition) is 1. The SMILES string of the molecule is CC1CCC(NCc2cccc3ccccc23)CC1. The van der Waals surface area contributed by atoms with Crippen LogP contribution in [0.1, 0.15) is 38.2 Å². The molecular weight excluding hydrogens is 230 g/mol. The van der Waals surface area contributed by atoms with Gasteiger partial charge >= 0.3 is 0 Å². The van der Waals surface area contributed by atoms with E-state index in [1.807, 2.05) is 0 Å². The van der Waals surface area contributed by atoms with Gasteiger partial charge in [0.25, 0.3) is 0 Å². The summed E-state index contributed by atoms with van der Waals surface area (Å²) in [5, 5.41) is 6.49. The minimum atomic E-state index is 0.718. The van der Waals surface area contributed by atoms with Gasteiger partial charge in [-0.2, -0.15) is 0 Å². The lowest BCUT2D eigenvalue weighted by atomic mass is 9.87. The van der Waals surface area contributed by atoms with Gasteiger partial charge in [0, 0.05) is 12.6 Å². The topological polar surface area (TPSA) is 12.0 Å². The normalized spacial score (nSPS) is 23.6. The molecule has 1 aliphatic carbocycles. The molecule has 0 atom stereocenters. The fourth-order valence-corrected chi connectivity index (χ4v) is 3.17. The summed E-state index contributed by atoms with van der Waals surface area (Å²) in [7, 11) is 0. The maximum absolute atomic E-state index is 3.75. The standard InChI is InChI=1S/C18H23N/c1-14-9-11-17(12-10-14)19-13-16-7-4-6-15-5-2-3-8-18(15)16/h2-8,14,17,19H,9-13H2,1H3. The molecule has 1 heteroatoms. The molecule has 3 rings (SSSR count). The lowest BCUT2D eigenvalue weighted by Gasteiger charge is -2.27. The highest BCUT2D eigenvalue weighted by molar-refractivity contribution is 5.85. The summed E-state index contributed by atoms with van der Waals surface area (Å²) >= 11 is 0. The number of rotatable bonds is 3. The highest BCUT2D eigenvalue weighted by Crippen LogP contribution is 2.24. The van der Waals surface area contributed by atoms with Crippen LogP contribution in [0.5, 0.6) is 0 Å². The maximum atomic E-state index is 3.75. The summed E-state index contributed by atoms with van der Waals surface area (Å²) in [5.41, 5.74) is 1.43. The monoisotopic (exact) mass is 253 g/mol. The van der Waals surface area contributed by atoms with Crippen molar-refractivity contribution in [1.82, 2.24) is 5.32 Å². The Morgan fingerprint density at radius 2 is 1.68 bits per heavy atom. The van der Waals surface area contributed by atoms with Crippen LogP contribution in [0.3, 0.4) is 0 Å². The Hall–Kier alpha value is -1.34. The molecular formula is C18H23N. The van der Waals surface area contributed by atoms with Crippen molar-refractivity contribution in [1.29, 1.82) is 0 Å². The second kappa shape index (κ2) is 5.75. The van der Waals surface area contributed by atoms with E-state index in [9.17, 15) is 0 Å². The Balaban J connectivity index is 1.68. The average Bonchev–Trinajstić information content (AvgIpc) is 2.47. The van der Waals surface area contributed by atoms with E-state index >= 15 is 0 Å². The molecule has 0 amide bonds. The van der Waals surface area contributed by atoms with Crippen LogP contribution in [0, 0.1) is 5.92 Å². The zero-order valence-corrected chi connectivity index (χ0v) is 11.7. The van der Waals surface area contributed by atoms with Gasteiger partial charge in [0.15, 0.2) is 0 Å². The van der Waals surface area contributed by atoms with Gasteiger partial charge in [-0.25, -0.2) is 0 Å². The molecule has 1 nitrogen and oxygen atoms in total. The molecule has 0 aromatic heterocycles. The van der Waals surface area contributed by atoms with Crippen molar-refractivity contribution in [2.45, 2.75) is 45.2 Å². The Morgan fingerprint density at radius 3 is 2.53 bits per heavy atom. The summed E-state index contributed by atoms with van der Waals surface area (Å²) in [4.78, 5) is 0. The van der Waals surface area contributed by atoms with Crippen LogP contribution in [-0.2, 0) is 6.54 Å². The minimum absolute atomic E-state index is 0.718. The second-order valence-corrected chi connectivity index (χ2v) is 5.98. The van der Waals surface area contributed by atoms with Gasteiger partial charge in [-0.15, -0.1) is 0 Å². The highest BCUT2D eigenvalue weighted by atomic mass is 14.9. The van der Waals surface area contributed by atoms with Gasteiger partial charge in [-0.05, 0) is 47.9 Å². The maximum Gasteiger partial charge on any atom is 0.0214 e. The molecule has 1 N–H and O–H groups in total. The number of nitrogens with one attached hydrogen (secondary N) is 1. The third kappa shape index (κ3) is 2.98. The number of benzene rings is 2. The van der Waals surface area contributed by atoms with E-state index in [0.717, 1.165) is 18.5 Å². The molecule has 0 bridgehead atoms. The first-order valence-electron chi connectivity index (χ1n) is 7.53. The predicted octanol–water partition coefficient (Wildman–Crippen LogP) is 4.51. The lowest BCUT2D eigenvalue weighted by molar-refractivity contribution is 0.307. The zero-order valence-electron chi connectivity index (χ0n) is 11.7. The molecule has 1 saturated carbocycles. The highest BCUT2D eigenvalue weighted by Gasteiger charge is 2.17. The summed E-state index contributed by atoms with van der Waals surface area (Å²) in [5.74, 6) is 0.926. The van der Waals surface area contributed by atoms with E-state index in [1.165, 1.54) is 42.0 Å². The number of fused-ring (bicyclic) bond motifs is 1. The first-order chi connectivity index (χ1) is 9.33. The summed E-state index contributed by atoms with van der Waals surface area (Å²) in [6, 6.07) is 16.0. The van der Waals surface area contributed by atoms with Crippen LogP contribution >= 0.6 is 0 Å².